The molecule has 12 heavy (non-hydrogen) atoms. The van der Waals surface area contributed by atoms with Gasteiger partial charge in [-0.3, -0.25) is 0 Å². The second-order valence-electron chi connectivity index (χ2n) is 3.24. The van der Waals surface area contributed by atoms with Gasteiger partial charge in [0, 0.05) is 12.6 Å². The summed E-state index contributed by atoms with van der Waals surface area (Å²) in [6.07, 6.45) is 4.89. The molecule has 1 fully saturated rings. The van der Waals surface area contributed by atoms with Gasteiger partial charge in [0.1, 0.15) is 6.67 Å². The summed E-state index contributed by atoms with van der Waals surface area (Å²) in [7, 11) is 0. The van der Waals surface area contributed by atoms with Crippen molar-refractivity contribution in [2.45, 2.75) is 31.7 Å². The average Bonchev–Trinajstić information content (AvgIpc) is 2.14. The van der Waals surface area contributed by atoms with Gasteiger partial charge in [-0.2, -0.15) is 0 Å². The highest BCUT2D eigenvalue weighted by Crippen LogP contribution is 2.09. The van der Waals surface area contributed by atoms with Crippen LogP contribution >= 0.6 is 0 Å². The van der Waals surface area contributed by atoms with Gasteiger partial charge in [-0.05, 0) is 25.8 Å². The lowest BCUT2D eigenvalue weighted by Gasteiger charge is -2.23. The molecule has 1 N–H and O–H groups in total. The smallest absolute Gasteiger partial charge is 0.113 e. The van der Waals surface area contributed by atoms with Crippen molar-refractivity contribution >= 4 is 0 Å². The Labute approximate surface area is 73.5 Å². The first kappa shape index (κ1) is 9.93. The van der Waals surface area contributed by atoms with Crippen LogP contribution in [0.3, 0.4) is 0 Å². The van der Waals surface area contributed by atoms with E-state index >= 15 is 0 Å². The Hall–Kier alpha value is -0.150. The van der Waals surface area contributed by atoms with Crippen molar-refractivity contribution in [2.24, 2.45) is 0 Å². The van der Waals surface area contributed by atoms with Crippen LogP contribution in [0.2, 0.25) is 0 Å². The average molecular weight is 175 g/mol. The van der Waals surface area contributed by atoms with E-state index in [9.17, 15) is 4.39 Å². The summed E-state index contributed by atoms with van der Waals surface area (Å²) in [5.74, 6) is 0. The molecule has 0 amide bonds. The number of ether oxygens (including phenoxy) is 1. The van der Waals surface area contributed by atoms with E-state index in [0.717, 1.165) is 13.0 Å². The van der Waals surface area contributed by atoms with Gasteiger partial charge in [-0.1, -0.05) is 6.42 Å². The second kappa shape index (κ2) is 6.38. The molecule has 0 aromatic heterocycles. The first-order chi connectivity index (χ1) is 5.93. The zero-order valence-electron chi connectivity index (χ0n) is 7.52. The Balaban J connectivity index is 1.91. The molecule has 0 saturated carbocycles. The van der Waals surface area contributed by atoms with E-state index in [-0.39, 0.29) is 13.3 Å². The Morgan fingerprint density at radius 2 is 2.25 bits per heavy atom. The molecule has 0 aromatic rings. The van der Waals surface area contributed by atoms with Gasteiger partial charge in [-0.25, -0.2) is 4.39 Å². The monoisotopic (exact) mass is 175 g/mol. The zero-order valence-corrected chi connectivity index (χ0v) is 7.52. The van der Waals surface area contributed by atoms with Crippen molar-refractivity contribution in [1.82, 2.24) is 5.32 Å². The van der Waals surface area contributed by atoms with Crippen molar-refractivity contribution in [3.05, 3.63) is 0 Å². The van der Waals surface area contributed by atoms with E-state index in [4.69, 9.17) is 4.74 Å². The van der Waals surface area contributed by atoms with Crippen LogP contribution in [0.4, 0.5) is 4.39 Å². The molecule has 0 radical (unpaired) electrons. The topological polar surface area (TPSA) is 21.3 Å². The highest BCUT2D eigenvalue weighted by molar-refractivity contribution is 4.71. The molecular formula is C9H18FNO. The van der Waals surface area contributed by atoms with E-state index in [1.807, 2.05) is 0 Å². The van der Waals surface area contributed by atoms with Gasteiger partial charge in [0.05, 0.1) is 6.61 Å². The third-order valence-corrected chi connectivity index (χ3v) is 2.24. The van der Waals surface area contributed by atoms with Crippen molar-refractivity contribution in [3.63, 3.8) is 0 Å². The standard InChI is InChI=1S/C9H18FNO/c10-5-8-12-7-4-9-3-1-2-6-11-9/h9,11H,1-8H2/t9-/m0/s1. The molecule has 1 heterocycles. The van der Waals surface area contributed by atoms with E-state index < -0.39 is 0 Å². The number of rotatable bonds is 5. The molecule has 1 aliphatic rings. The SMILES string of the molecule is FCCOCC[C@@H]1CCCCN1. The van der Waals surface area contributed by atoms with Gasteiger partial charge in [0.25, 0.3) is 0 Å². The number of hydrogen-bond acceptors (Lipinski definition) is 2. The van der Waals surface area contributed by atoms with E-state index in [0.29, 0.717) is 12.6 Å². The van der Waals surface area contributed by atoms with Crippen LogP contribution in [0.1, 0.15) is 25.7 Å². The van der Waals surface area contributed by atoms with E-state index in [1.165, 1.54) is 19.3 Å². The summed E-state index contributed by atoms with van der Waals surface area (Å²) < 4.78 is 16.7. The Morgan fingerprint density at radius 1 is 1.33 bits per heavy atom. The van der Waals surface area contributed by atoms with Gasteiger partial charge >= 0.3 is 0 Å². The lowest BCUT2D eigenvalue weighted by molar-refractivity contribution is 0.108. The van der Waals surface area contributed by atoms with Gasteiger partial charge in [0.2, 0.25) is 0 Å². The summed E-state index contributed by atoms with van der Waals surface area (Å²) in [6, 6.07) is 0.610. The number of piperidine rings is 1. The third kappa shape index (κ3) is 4.02. The maximum absolute atomic E-state index is 11.6. The molecule has 72 valence electrons. The molecule has 0 bridgehead atoms. The summed E-state index contributed by atoms with van der Waals surface area (Å²) in [6.45, 7) is 1.72. The second-order valence-corrected chi connectivity index (χ2v) is 3.24. The van der Waals surface area contributed by atoms with Crippen molar-refractivity contribution in [1.29, 1.82) is 0 Å². The molecule has 1 rings (SSSR count). The van der Waals surface area contributed by atoms with Crippen LogP contribution in [0.15, 0.2) is 0 Å². The normalized spacial score (nSPS) is 24.2. The quantitative estimate of drug-likeness (QED) is 0.639. The molecule has 0 aliphatic carbocycles. The summed E-state index contributed by atoms with van der Waals surface area (Å²) in [4.78, 5) is 0. The van der Waals surface area contributed by atoms with Crippen molar-refractivity contribution in [3.8, 4) is 0 Å². The zero-order chi connectivity index (χ0) is 8.65. The molecule has 1 saturated heterocycles. The Kier molecular flexibility index (Phi) is 5.28. The lowest BCUT2D eigenvalue weighted by atomic mass is 10.0. The molecule has 3 heteroatoms. The number of halogens is 1. The molecule has 1 aliphatic heterocycles. The fourth-order valence-corrected chi connectivity index (χ4v) is 1.55. The highest BCUT2D eigenvalue weighted by Gasteiger charge is 2.11. The van der Waals surface area contributed by atoms with E-state index in [2.05, 4.69) is 5.32 Å². The minimum absolute atomic E-state index is 0.257. The minimum atomic E-state index is -0.363. The molecule has 0 spiro atoms. The van der Waals surface area contributed by atoms with Crippen LogP contribution in [-0.2, 0) is 4.74 Å². The van der Waals surface area contributed by atoms with E-state index in [1.54, 1.807) is 0 Å². The Bertz CT molecular complexity index is 105. The van der Waals surface area contributed by atoms with Crippen LogP contribution < -0.4 is 5.32 Å². The lowest BCUT2D eigenvalue weighted by Crippen LogP contribution is -2.34. The van der Waals surface area contributed by atoms with Crippen LogP contribution in [-0.4, -0.2) is 32.5 Å². The number of alkyl halides is 1. The Morgan fingerprint density at radius 3 is 2.92 bits per heavy atom. The predicted octanol–water partition coefficient (Wildman–Crippen LogP) is 1.50. The maximum Gasteiger partial charge on any atom is 0.113 e. The van der Waals surface area contributed by atoms with Crippen LogP contribution in [0.5, 0.6) is 0 Å². The molecule has 2 nitrogen and oxygen atoms in total. The molecular weight excluding hydrogens is 157 g/mol. The first-order valence-corrected chi connectivity index (χ1v) is 4.80. The van der Waals surface area contributed by atoms with Gasteiger partial charge in [-0.15, -0.1) is 0 Å². The van der Waals surface area contributed by atoms with Gasteiger partial charge < -0.3 is 10.1 Å². The number of nitrogens with one attached hydrogen (secondary N) is 1. The molecule has 1 atom stereocenters. The third-order valence-electron chi connectivity index (χ3n) is 2.24. The largest absolute Gasteiger partial charge is 0.379 e. The van der Waals surface area contributed by atoms with Gasteiger partial charge in [0.15, 0.2) is 0 Å². The summed E-state index contributed by atoms with van der Waals surface area (Å²) >= 11 is 0. The number of hydrogen-bond donors (Lipinski definition) is 1. The fraction of sp³-hybridized carbons (Fsp3) is 1.00. The van der Waals surface area contributed by atoms with Crippen molar-refractivity contribution in [2.75, 3.05) is 26.4 Å². The van der Waals surface area contributed by atoms with Crippen molar-refractivity contribution < 1.29 is 9.13 Å². The molecule has 0 unspecified atom stereocenters. The fourth-order valence-electron chi connectivity index (χ4n) is 1.55. The van der Waals surface area contributed by atoms with Crippen LogP contribution in [0.25, 0.3) is 0 Å². The highest BCUT2D eigenvalue weighted by atomic mass is 19.1. The first-order valence-electron chi connectivity index (χ1n) is 4.80. The summed E-state index contributed by atoms with van der Waals surface area (Å²) in [5, 5.41) is 3.42. The summed E-state index contributed by atoms with van der Waals surface area (Å²) in [5.41, 5.74) is 0. The minimum Gasteiger partial charge on any atom is -0.379 e. The maximum atomic E-state index is 11.6. The predicted molar refractivity (Wildman–Crippen MR) is 47.1 cm³/mol. The van der Waals surface area contributed by atoms with Crippen LogP contribution in [0, 0.1) is 0 Å². The molecule has 0 aromatic carbocycles.